The number of hydrogen-bond acceptors (Lipinski definition) is 3. The van der Waals surface area contributed by atoms with E-state index in [1.165, 1.54) is 12.1 Å². The molecule has 104 valence electrons. The Kier molecular flexibility index (Phi) is 4.14. The molecule has 0 unspecified atom stereocenters. The van der Waals surface area contributed by atoms with E-state index in [2.05, 4.69) is 10.4 Å². The highest BCUT2D eigenvalue weighted by atomic mass is 16.4. The lowest BCUT2D eigenvalue weighted by atomic mass is 10.1. The van der Waals surface area contributed by atoms with Crippen LogP contribution < -0.4 is 5.32 Å². The predicted molar refractivity (Wildman–Crippen MR) is 72.2 cm³/mol. The van der Waals surface area contributed by atoms with E-state index in [4.69, 9.17) is 5.11 Å². The molecule has 2 aromatic rings. The Morgan fingerprint density at radius 1 is 1.25 bits per heavy atom. The standard InChI is InChI=1S/C14H15N3O3/c1-17-9-11(8-16-17)6-13(18)15-7-10-2-4-12(5-3-10)14(19)20/h2-5,8-9H,6-7H2,1H3,(H,15,18)(H,19,20). The van der Waals surface area contributed by atoms with Crippen LogP contribution in [0.2, 0.25) is 0 Å². The molecule has 0 fully saturated rings. The van der Waals surface area contributed by atoms with Gasteiger partial charge in [-0.15, -0.1) is 0 Å². The van der Waals surface area contributed by atoms with Crippen LogP contribution in [-0.4, -0.2) is 26.8 Å². The maximum atomic E-state index is 11.7. The van der Waals surface area contributed by atoms with Gasteiger partial charge in [-0.25, -0.2) is 4.79 Å². The third kappa shape index (κ3) is 3.68. The summed E-state index contributed by atoms with van der Waals surface area (Å²) in [6.45, 7) is 0.374. The molecule has 0 aliphatic heterocycles. The van der Waals surface area contributed by atoms with Crippen molar-refractivity contribution in [2.75, 3.05) is 0 Å². The topological polar surface area (TPSA) is 84.2 Å². The molecule has 0 bridgehead atoms. The lowest BCUT2D eigenvalue weighted by Crippen LogP contribution is -2.24. The lowest BCUT2D eigenvalue weighted by molar-refractivity contribution is -0.120. The van der Waals surface area contributed by atoms with Gasteiger partial charge in [-0.2, -0.15) is 5.10 Å². The quantitative estimate of drug-likeness (QED) is 0.850. The summed E-state index contributed by atoms with van der Waals surface area (Å²) in [5.74, 6) is -1.06. The van der Waals surface area contributed by atoms with Gasteiger partial charge in [-0.1, -0.05) is 12.1 Å². The van der Waals surface area contributed by atoms with E-state index in [9.17, 15) is 9.59 Å². The average Bonchev–Trinajstić information content (AvgIpc) is 2.82. The highest BCUT2D eigenvalue weighted by Gasteiger charge is 2.06. The van der Waals surface area contributed by atoms with Crippen LogP contribution >= 0.6 is 0 Å². The van der Waals surface area contributed by atoms with Crippen molar-refractivity contribution in [1.82, 2.24) is 15.1 Å². The molecule has 2 rings (SSSR count). The van der Waals surface area contributed by atoms with Crippen LogP contribution in [-0.2, 0) is 24.8 Å². The van der Waals surface area contributed by atoms with Crippen LogP contribution in [0.1, 0.15) is 21.5 Å². The normalized spacial score (nSPS) is 10.2. The number of carbonyl (C=O) groups excluding carboxylic acids is 1. The second-order valence-corrected chi connectivity index (χ2v) is 4.48. The third-order valence-corrected chi connectivity index (χ3v) is 2.81. The van der Waals surface area contributed by atoms with Crippen LogP contribution in [0.15, 0.2) is 36.7 Å². The SMILES string of the molecule is Cn1cc(CC(=O)NCc2ccc(C(=O)O)cc2)cn1. The Morgan fingerprint density at radius 3 is 2.50 bits per heavy atom. The van der Waals surface area contributed by atoms with Crippen LogP contribution in [0.4, 0.5) is 0 Å². The molecule has 1 heterocycles. The van der Waals surface area contributed by atoms with Crippen LogP contribution in [0, 0.1) is 0 Å². The van der Waals surface area contributed by atoms with Crippen molar-refractivity contribution >= 4 is 11.9 Å². The molecule has 0 atom stereocenters. The Balaban J connectivity index is 1.85. The number of aryl methyl sites for hydroxylation is 1. The summed E-state index contributed by atoms with van der Waals surface area (Å²) >= 11 is 0. The number of carboxylic acid groups (broad SMARTS) is 1. The Labute approximate surface area is 116 Å². The molecule has 0 aliphatic rings. The van der Waals surface area contributed by atoms with Gasteiger partial charge < -0.3 is 10.4 Å². The van der Waals surface area contributed by atoms with Gasteiger partial charge in [0.15, 0.2) is 0 Å². The molecule has 0 saturated heterocycles. The van der Waals surface area contributed by atoms with Gasteiger partial charge >= 0.3 is 5.97 Å². The van der Waals surface area contributed by atoms with Crippen molar-refractivity contribution in [2.24, 2.45) is 7.05 Å². The number of amides is 1. The molecule has 1 aromatic heterocycles. The van der Waals surface area contributed by atoms with E-state index in [1.807, 2.05) is 0 Å². The number of nitrogens with one attached hydrogen (secondary N) is 1. The molecular weight excluding hydrogens is 258 g/mol. The molecule has 0 aliphatic carbocycles. The first-order chi connectivity index (χ1) is 9.54. The van der Waals surface area contributed by atoms with Gasteiger partial charge in [0.05, 0.1) is 18.2 Å². The summed E-state index contributed by atoms with van der Waals surface area (Å²) in [6.07, 6.45) is 3.73. The number of carboxylic acids is 1. The Bertz CT molecular complexity index is 617. The summed E-state index contributed by atoms with van der Waals surface area (Å²) < 4.78 is 1.65. The Morgan fingerprint density at radius 2 is 1.95 bits per heavy atom. The van der Waals surface area contributed by atoms with E-state index < -0.39 is 5.97 Å². The molecule has 2 N–H and O–H groups in total. The fraction of sp³-hybridized carbons (Fsp3) is 0.214. The van der Waals surface area contributed by atoms with E-state index in [0.29, 0.717) is 6.54 Å². The van der Waals surface area contributed by atoms with Gasteiger partial charge in [-0.05, 0) is 23.3 Å². The van der Waals surface area contributed by atoms with E-state index in [-0.39, 0.29) is 17.9 Å². The number of benzene rings is 1. The van der Waals surface area contributed by atoms with Crippen molar-refractivity contribution in [2.45, 2.75) is 13.0 Å². The lowest BCUT2D eigenvalue weighted by Gasteiger charge is -2.05. The van der Waals surface area contributed by atoms with Gasteiger partial charge in [0.25, 0.3) is 0 Å². The zero-order chi connectivity index (χ0) is 14.5. The smallest absolute Gasteiger partial charge is 0.335 e. The summed E-state index contributed by atoms with van der Waals surface area (Å²) in [5, 5.41) is 15.6. The molecule has 0 radical (unpaired) electrons. The second kappa shape index (κ2) is 6.01. The first-order valence-electron chi connectivity index (χ1n) is 6.11. The number of hydrogen-bond donors (Lipinski definition) is 2. The summed E-state index contributed by atoms with van der Waals surface area (Å²) in [6, 6.07) is 6.41. The molecule has 6 nitrogen and oxygen atoms in total. The average molecular weight is 273 g/mol. The molecule has 20 heavy (non-hydrogen) atoms. The van der Waals surface area contributed by atoms with Crippen LogP contribution in [0.5, 0.6) is 0 Å². The second-order valence-electron chi connectivity index (χ2n) is 4.48. The number of aromatic nitrogens is 2. The highest BCUT2D eigenvalue weighted by molar-refractivity contribution is 5.87. The summed E-state index contributed by atoms with van der Waals surface area (Å²) in [7, 11) is 1.80. The van der Waals surface area contributed by atoms with Crippen molar-refractivity contribution in [3.8, 4) is 0 Å². The van der Waals surface area contributed by atoms with Gasteiger partial charge in [0, 0.05) is 19.8 Å². The Hall–Kier alpha value is -2.63. The van der Waals surface area contributed by atoms with Crippen molar-refractivity contribution in [1.29, 1.82) is 0 Å². The molecular formula is C14H15N3O3. The zero-order valence-electron chi connectivity index (χ0n) is 11.0. The zero-order valence-corrected chi connectivity index (χ0v) is 11.0. The summed E-state index contributed by atoms with van der Waals surface area (Å²) in [4.78, 5) is 22.4. The minimum atomic E-state index is -0.961. The first kappa shape index (κ1) is 13.8. The predicted octanol–water partition coefficient (Wildman–Crippen LogP) is 0.977. The monoisotopic (exact) mass is 273 g/mol. The number of nitrogens with zero attached hydrogens (tertiary/aromatic N) is 2. The minimum absolute atomic E-state index is 0.0969. The number of carbonyl (C=O) groups is 2. The van der Waals surface area contributed by atoms with E-state index in [0.717, 1.165) is 11.1 Å². The molecule has 1 amide bonds. The maximum Gasteiger partial charge on any atom is 0.335 e. The highest BCUT2D eigenvalue weighted by Crippen LogP contribution is 2.04. The van der Waals surface area contributed by atoms with Crippen LogP contribution in [0.25, 0.3) is 0 Å². The van der Waals surface area contributed by atoms with Crippen molar-refractivity contribution < 1.29 is 14.7 Å². The largest absolute Gasteiger partial charge is 0.478 e. The van der Waals surface area contributed by atoms with Crippen molar-refractivity contribution in [3.63, 3.8) is 0 Å². The van der Waals surface area contributed by atoms with Gasteiger partial charge in [0.2, 0.25) is 5.91 Å². The maximum absolute atomic E-state index is 11.7. The minimum Gasteiger partial charge on any atom is -0.478 e. The van der Waals surface area contributed by atoms with Crippen molar-refractivity contribution in [3.05, 3.63) is 53.3 Å². The number of rotatable bonds is 5. The first-order valence-corrected chi connectivity index (χ1v) is 6.11. The van der Waals surface area contributed by atoms with Crippen LogP contribution in [0.3, 0.4) is 0 Å². The van der Waals surface area contributed by atoms with Gasteiger partial charge in [-0.3, -0.25) is 9.48 Å². The van der Waals surface area contributed by atoms with E-state index >= 15 is 0 Å². The molecule has 0 saturated carbocycles. The summed E-state index contributed by atoms with van der Waals surface area (Å²) in [5.41, 5.74) is 1.94. The molecule has 0 spiro atoms. The molecule has 1 aromatic carbocycles. The van der Waals surface area contributed by atoms with Gasteiger partial charge in [0.1, 0.15) is 0 Å². The third-order valence-electron chi connectivity index (χ3n) is 2.81. The number of aromatic carboxylic acids is 1. The fourth-order valence-electron chi connectivity index (χ4n) is 1.78. The van der Waals surface area contributed by atoms with E-state index in [1.54, 1.807) is 36.3 Å². The fourth-order valence-corrected chi connectivity index (χ4v) is 1.78. The molecule has 6 heteroatoms.